The van der Waals surface area contributed by atoms with Gasteiger partial charge in [-0.05, 0) is 66.9 Å². The Morgan fingerprint density at radius 1 is 0.971 bits per heavy atom. The van der Waals surface area contributed by atoms with Crippen LogP contribution in [0.1, 0.15) is 17.0 Å². The van der Waals surface area contributed by atoms with Crippen molar-refractivity contribution in [3.8, 4) is 11.4 Å². The number of aryl methyl sites for hydroxylation is 1. The molecule has 5 rings (SSSR count). The summed E-state index contributed by atoms with van der Waals surface area (Å²) in [6.07, 6.45) is 1.81. The minimum absolute atomic E-state index is 0.155. The Kier molecular flexibility index (Phi) is 6.41. The molecule has 1 aromatic heterocycles. The summed E-state index contributed by atoms with van der Waals surface area (Å²) >= 11 is 7.06. The Labute approximate surface area is 212 Å². The molecule has 0 unspecified atom stereocenters. The Balaban J connectivity index is 1.38. The van der Waals surface area contributed by atoms with Crippen molar-refractivity contribution in [1.82, 2.24) is 9.47 Å². The van der Waals surface area contributed by atoms with Gasteiger partial charge in [0.05, 0.1) is 22.2 Å². The van der Waals surface area contributed by atoms with Gasteiger partial charge in [0.15, 0.2) is 0 Å². The highest BCUT2D eigenvalue weighted by Crippen LogP contribution is 2.34. The third kappa shape index (κ3) is 4.47. The predicted molar refractivity (Wildman–Crippen MR) is 142 cm³/mol. The van der Waals surface area contributed by atoms with E-state index < -0.39 is 0 Å². The molecular weight excluding hydrogens is 480 g/mol. The van der Waals surface area contributed by atoms with Crippen LogP contribution in [0.15, 0.2) is 77.7 Å². The molecule has 0 aliphatic carbocycles. The van der Waals surface area contributed by atoms with Crippen LogP contribution in [-0.4, -0.2) is 33.8 Å². The van der Waals surface area contributed by atoms with Crippen molar-refractivity contribution in [2.45, 2.75) is 13.8 Å². The van der Waals surface area contributed by atoms with Crippen molar-refractivity contribution >= 4 is 51.4 Å². The molecule has 1 aliphatic heterocycles. The van der Waals surface area contributed by atoms with E-state index in [4.69, 9.17) is 16.3 Å². The third-order valence-electron chi connectivity index (χ3n) is 6.05. The van der Waals surface area contributed by atoms with E-state index in [0.717, 1.165) is 39.8 Å². The lowest BCUT2D eigenvalue weighted by molar-refractivity contribution is -0.123. The fourth-order valence-corrected chi connectivity index (χ4v) is 5.40. The van der Waals surface area contributed by atoms with Crippen LogP contribution in [0.3, 0.4) is 0 Å². The Bertz CT molecular complexity index is 1490. The molecule has 1 saturated heterocycles. The molecule has 0 radical (unpaired) electrons. The van der Waals surface area contributed by atoms with Crippen molar-refractivity contribution in [1.29, 1.82) is 0 Å². The van der Waals surface area contributed by atoms with Gasteiger partial charge in [0.2, 0.25) is 0 Å². The van der Waals surface area contributed by atoms with Gasteiger partial charge < -0.3 is 9.30 Å². The normalized spacial score (nSPS) is 14.9. The average molecular weight is 503 g/mol. The van der Waals surface area contributed by atoms with Gasteiger partial charge in [-0.1, -0.05) is 60.1 Å². The van der Waals surface area contributed by atoms with Crippen molar-refractivity contribution in [3.63, 3.8) is 0 Å². The first-order chi connectivity index (χ1) is 16.9. The fourth-order valence-electron chi connectivity index (χ4n) is 4.35. The number of imide groups is 1. The van der Waals surface area contributed by atoms with Gasteiger partial charge in [-0.15, -0.1) is 0 Å². The molecular formula is C28H23ClN2O3S. The van der Waals surface area contributed by atoms with Crippen LogP contribution < -0.4 is 4.74 Å². The maximum Gasteiger partial charge on any atom is 0.293 e. The Morgan fingerprint density at radius 3 is 2.54 bits per heavy atom. The lowest BCUT2D eigenvalue weighted by Gasteiger charge is -2.14. The predicted octanol–water partition coefficient (Wildman–Crippen LogP) is 7.02. The van der Waals surface area contributed by atoms with Crippen molar-refractivity contribution in [3.05, 3.63) is 99.7 Å². The summed E-state index contributed by atoms with van der Waals surface area (Å²) in [5.41, 5.74) is 4.06. The fraction of sp³-hybridized carbons (Fsp3) is 0.143. The second-order valence-electron chi connectivity index (χ2n) is 8.27. The number of carbonyl (C=O) groups excluding carboxylic acids is 2. The smallest absolute Gasteiger partial charge is 0.293 e. The third-order valence-corrected chi connectivity index (χ3v) is 7.27. The van der Waals surface area contributed by atoms with Crippen LogP contribution in [0.4, 0.5) is 4.79 Å². The van der Waals surface area contributed by atoms with Gasteiger partial charge in [0.1, 0.15) is 12.4 Å². The van der Waals surface area contributed by atoms with E-state index in [9.17, 15) is 9.59 Å². The number of halogens is 1. The van der Waals surface area contributed by atoms with Crippen LogP contribution >= 0.6 is 23.4 Å². The van der Waals surface area contributed by atoms with E-state index in [1.54, 1.807) is 12.1 Å². The summed E-state index contributed by atoms with van der Waals surface area (Å²) in [7, 11) is 0. The van der Waals surface area contributed by atoms with E-state index in [0.29, 0.717) is 15.7 Å². The van der Waals surface area contributed by atoms with E-state index in [1.165, 1.54) is 10.3 Å². The highest BCUT2D eigenvalue weighted by molar-refractivity contribution is 8.18. The highest BCUT2D eigenvalue weighted by Gasteiger charge is 2.35. The molecule has 3 aromatic carbocycles. The first-order valence-corrected chi connectivity index (χ1v) is 12.4. The number of thioether (sulfide) groups is 1. The first kappa shape index (κ1) is 23.3. The van der Waals surface area contributed by atoms with E-state index in [1.807, 2.05) is 56.3 Å². The zero-order valence-corrected chi connectivity index (χ0v) is 20.9. The van der Waals surface area contributed by atoms with Gasteiger partial charge >= 0.3 is 0 Å². The lowest BCUT2D eigenvalue weighted by atomic mass is 10.1. The average Bonchev–Trinajstić information content (AvgIpc) is 3.28. The lowest BCUT2D eigenvalue weighted by Crippen LogP contribution is -2.32. The molecule has 35 heavy (non-hydrogen) atoms. The van der Waals surface area contributed by atoms with Crippen LogP contribution in [0.5, 0.6) is 5.75 Å². The number of carbonyl (C=O) groups is 2. The summed E-state index contributed by atoms with van der Waals surface area (Å²) in [6, 6.07) is 23.7. The van der Waals surface area contributed by atoms with Crippen molar-refractivity contribution < 1.29 is 14.3 Å². The largest absolute Gasteiger partial charge is 0.490 e. The molecule has 0 saturated carbocycles. The number of ether oxygens (including phenoxy) is 1. The summed E-state index contributed by atoms with van der Waals surface area (Å²) in [5, 5.41) is 2.51. The molecule has 176 valence electrons. The zero-order valence-electron chi connectivity index (χ0n) is 19.3. The van der Waals surface area contributed by atoms with Gasteiger partial charge in [-0.2, -0.15) is 0 Å². The first-order valence-electron chi connectivity index (χ1n) is 11.2. The number of hydrogen-bond acceptors (Lipinski definition) is 4. The number of nitrogens with zero attached hydrogens (tertiary/aromatic N) is 2. The standard InChI is InChI=1S/C28H23ClN2O3S/c1-18-16-21(19(2)31(18)24-12-7-9-20-8-3-4-10-22(20)24)17-26-27(32)30(28(33)35-26)14-15-34-25-13-6-5-11-23(25)29/h3-13,16-17H,14-15H2,1-2H3/b26-17-. The van der Waals surface area contributed by atoms with Gasteiger partial charge in [-0.3, -0.25) is 14.5 Å². The summed E-state index contributed by atoms with van der Waals surface area (Å²) in [4.78, 5) is 27.2. The molecule has 1 aliphatic rings. The van der Waals surface area contributed by atoms with Crippen LogP contribution in [0.2, 0.25) is 5.02 Å². The van der Waals surface area contributed by atoms with Gasteiger partial charge in [0, 0.05) is 16.8 Å². The SMILES string of the molecule is Cc1cc(/C=C2\SC(=O)N(CCOc3ccccc3Cl)C2=O)c(C)n1-c1cccc2ccccc12. The number of aromatic nitrogens is 1. The number of rotatable bonds is 6. The van der Waals surface area contributed by atoms with Crippen LogP contribution in [-0.2, 0) is 4.79 Å². The molecule has 0 atom stereocenters. The maximum absolute atomic E-state index is 13.0. The van der Waals surface area contributed by atoms with E-state index in [-0.39, 0.29) is 24.3 Å². The maximum atomic E-state index is 13.0. The van der Waals surface area contributed by atoms with E-state index in [2.05, 4.69) is 28.8 Å². The van der Waals surface area contributed by atoms with Crippen LogP contribution in [0, 0.1) is 13.8 Å². The monoisotopic (exact) mass is 502 g/mol. The number of benzene rings is 3. The Hall–Kier alpha value is -3.48. The summed E-state index contributed by atoms with van der Waals surface area (Å²) in [6.45, 7) is 4.40. The second-order valence-corrected chi connectivity index (χ2v) is 9.67. The summed E-state index contributed by atoms with van der Waals surface area (Å²) < 4.78 is 7.85. The minimum atomic E-state index is -0.308. The molecule has 4 aromatic rings. The van der Waals surface area contributed by atoms with Gasteiger partial charge in [0.25, 0.3) is 11.1 Å². The molecule has 5 nitrogen and oxygen atoms in total. The molecule has 0 N–H and O–H groups in total. The highest BCUT2D eigenvalue weighted by atomic mass is 35.5. The topological polar surface area (TPSA) is 51.5 Å². The van der Waals surface area contributed by atoms with Gasteiger partial charge in [-0.25, -0.2) is 0 Å². The zero-order chi connectivity index (χ0) is 24.5. The number of fused-ring (bicyclic) bond motifs is 1. The molecule has 7 heteroatoms. The van der Waals surface area contributed by atoms with Crippen LogP contribution in [0.25, 0.3) is 22.5 Å². The molecule has 0 spiro atoms. The molecule has 1 fully saturated rings. The van der Waals surface area contributed by atoms with Crippen molar-refractivity contribution in [2.75, 3.05) is 13.2 Å². The van der Waals surface area contributed by atoms with E-state index >= 15 is 0 Å². The van der Waals surface area contributed by atoms with Crippen molar-refractivity contribution in [2.24, 2.45) is 0 Å². The number of amides is 2. The number of para-hydroxylation sites is 1. The number of hydrogen-bond donors (Lipinski definition) is 0. The molecule has 2 amide bonds. The second kappa shape index (κ2) is 9.64. The molecule has 2 heterocycles. The minimum Gasteiger partial charge on any atom is -0.490 e. The summed E-state index contributed by atoms with van der Waals surface area (Å²) in [5.74, 6) is 0.218. The molecule has 0 bridgehead atoms. The quantitative estimate of drug-likeness (QED) is 0.266. The Morgan fingerprint density at radius 2 is 1.71 bits per heavy atom.